The molecule has 6 heteroatoms. The summed E-state index contributed by atoms with van der Waals surface area (Å²) >= 11 is 0. The number of benzene rings is 2. The first-order valence-electron chi connectivity index (χ1n) is 8.89. The molecule has 0 bridgehead atoms. The lowest BCUT2D eigenvalue weighted by Gasteiger charge is -2.10. The molecule has 0 fully saturated rings. The van der Waals surface area contributed by atoms with Gasteiger partial charge in [0.25, 0.3) is 11.8 Å². The third kappa shape index (κ3) is 5.67. The Balaban J connectivity index is 1.91. The minimum Gasteiger partial charge on any atom is -0.326 e. The van der Waals surface area contributed by atoms with Gasteiger partial charge in [-0.2, -0.15) is 0 Å². The van der Waals surface area contributed by atoms with Crippen LogP contribution in [0.25, 0.3) is 0 Å². The third-order valence-electron chi connectivity index (χ3n) is 4.07. The highest BCUT2D eigenvalue weighted by Gasteiger charge is 2.11. The molecule has 142 valence electrons. The van der Waals surface area contributed by atoms with Crippen LogP contribution in [0, 0.1) is 5.92 Å². The molecule has 0 aliphatic rings. The van der Waals surface area contributed by atoms with Crippen molar-refractivity contribution in [3.05, 3.63) is 65.2 Å². The Hall–Kier alpha value is -3.15. The van der Waals surface area contributed by atoms with E-state index in [1.54, 1.807) is 50.2 Å². The number of hydrogen-bond donors (Lipinski definition) is 3. The van der Waals surface area contributed by atoms with E-state index < -0.39 is 5.91 Å². The van der Waals surface area contributed by atoms with Crippen LogP contribution >= 0.6 is 0 Å². The molecule has 0 saturated carbocycles. The second kappa shape index (κ2) is 8.98. The third-order valence-corrected chi connectivity index (χ3v) is 4.07. The molecular weight excluding hydrogens is 342 g/mol. The van der Waals surface area contributed by atoms with Crippen LogP contribution in [-0.4, -0.2) is 17.7 Å². The summed E-state index contributed by atoms with van der Waals surface area (Å²) in [5.41, 5.74) is 7.37. The van der Waals surface area contributed by atoms with E-state index in [9.17, 15) is 14.4 Å². The fourth-order valence-electron chi connectivity index (χ4n) is 2.27. The molecule has 6 nitrogen and oxygen atoms in total. The van der Waals surface area contributed by atoms with Crippen LogP contribution in [0.15, 0.2) is 48.5 Å². The Morgan fingerprint density at radius 3 is 1.56 bits per heavy atom. The van der Waals surface area contributed by atoms with Crippen molar-refractivity contribution >= 4 is 23.4 Å². The lowest BCUT2D eigenvalue weighted by molar-refractivity contribution is -0.118. The molecule has 3 N–H and O–H groups in total. The highest BCUT2D eigenvalue weighted by molar-refractivity contribution is 5.99. The van der Waals surface area contributed by atoms with Crippen LogP contribution in [0.2, 0.25) is 0 Å². The average Bonchev–Trinajstić information content (AvgIpc) is 2.66. The van der Waals surface area contributed by atoms with Crippen molar-refractivity contribution in [3.63, 3.8) is 0 Å². The van der Waals surface area contributed by atoms with E-state index in [1.165, 1.54) is 0 Å². The maximum absolute atomic E-state index is 12.2. The van der Waals surface area contributed by atoms with Crippen molar-refractivity contribution in [1.82, 2.24) is 10.9 Å². The summed E-state index contributed by atoms with van der Waals surface area (Å²) in [5.74, 6) is -0.667. The molecule has 0 saturated heterocycles. The van der Waals surface area contributed by atoms with Crippen LogP contribution in [-0.2, 0) is 4.79 Å². The molecule has 0 radical (unpaired) electrons. The molecule has 2 aromatic rings. The van der Waals surface area contributed by atoms with Gasteiger partial charge in [-0.1, -0.05) is 39.8 Å². The lowest BCUT2D eigenvalue weighted by atomic mass is 10.0. The number of hydrogen-bond acceptors (Lipinski definition) is 3. The second-order valence-electron chi connectivity index (χ2n) is 6.91. The predicted octanol–water partition coefficient (Wildman–Crippen LogP) is 3.48. The first-order chi connectivity index (χ1) is 12.8. The molecule has 0 aliphatic heterocycles. The maximum atomic E-state index is 12.2. The van der Waals surface area contributed by atoms with Gasteiger partial charge in [0, 0.05) is 22.7 Å². The van der Waals surface area contributed by atoms with E-state index in [-0.39, 0.29) is 17.7 Å². The van der Waals surface area contributed by atoms with Crippen molar-refractivity contribution in [2.24, 2.45) is 5.92 Å². The molecule has 0 unspecified atom stereocenters. The molecule has 0 heterocycles. The summed E-state index contributed by atoms with van der Waals surface area (Å²) in [7, 11) is 0. The fourth-order valence-corrected chi connectivity index (χ4v) is 2.27. The van der Waals surface area contributed by atoms with Crippen LogP contribution in [0.1, 0.15) is 59.9 Å². The van der Waals surface area contributed by atoms with Crippen LogP contribution in [0.4, 0.5) is 5.69 Å². The largest absolute Gasteiger partial charge is 0.326 e. The van der Waals surface area contributed by atoms with E-state index in [0.717, 1.165) is 5.56 Å². The number of hydrazine groups is 1. The fraction of sp³-hybridized carbons (Fsp3) is 0.286. The summed E-state index contributed by atoms with van der Waals surface area (Å²) in [6, 6.07) is 13.7. The molecule has 0 atom stereocenters. The number of nitrogens with one attached hydrogen (secondary N) is 3. The molecule has 2 aromatic carbocycles. The first kappa shape index (κ1) is 20.2. The molecule has 0 aromatic heterocycles. The van der Waals surface area contributed by atoms with Crippen molar-refractivity contribution in [3.8, 4) is 0 Å². The number of carbonyl (C=O) groups excluding carboxylic acids is 3. The maximum Gasteiger partial charge on any atom is 0.269 e. The van der Waals surface area contributed by atoms with E-state index in [0.29, 0.717) is 22.7 Å². The molecule has 3 amide bonds. The highest BCUT2D eigenvalue weighted by Crippen LogP contribution is 2.14. The van der Waals surface area contributed by atoms with Gasteiger partial charge in [0.05, 0.1) is 0 Å². The molecule has 0 aliphatic carbocycles. The van der Waals surface area contributed by atoms with E-state index in [1.807, 2.05) is 12.1 Å². The van der Waals surface area contributed by atoms with Crippen molar-refractivity contribution in [2.75, 3.05) is 5.32 Å². The SMILES string of the molecule is CC(C)C(=O)Nc1ccc(C(=O)NNC(=O)c2ccc(C(C)C)cc2)cc1. The molecule has 27 heavy (non-hydrogen) atoms. The molecular formula is C21H25N3O3. The van der Waals surface area contributed by atoms with Crippen LogP contribution in [0.5, 0.6) is 0 Å². The summed E-state index contributed by atoms with van der Waals surface area (Å²) in [6.45, 7) is 7.76. The number of amides is 3. The zero-order chi connectivity index (χ0) is 20.0. The number of rotatable bonds is 5. The summed E-state index contributed by atoms with van der Waals surface area (Å²) in [4.78, 5) is 35.9. The van der Waals surface area contributed by atoms with Gasteiger partial charge in [0.15, 0.2) is 0 Å². The van der Waals surface area contributed by atoms with Gasteiger partial charge in [-0.05, 0) is 47.9 Å². The molecule has 2 rings (SSSR count). The van der Waals surface area contributed by atoms with Crippen LogP contribution < -0.4 is 16.2 Å². The van der Waals surface area contributed by atoms with Gasteiger partial charge in [-0.3, -0.25) is 25.2 Å². The minimum atomic E-state index is -0.441. The van der Waals surface area contributed by atoms with Crippen LogP contribution in [0.3, 0.4) is 0 Å². The van der Waals surface area contributed by atoms with E-state index in [2.05, 4.69) is 30.0 Å². The summed E-state index contributed by atoms with van der Waals surface area (Å²) in [5, 5.41) is 2.75. The number of carbonyl (C=O) groups is 3. The smallest absolute Gasteiger partial charge is 0.269 e. The summed E-state index contributed by atoms with van der Waals surface area (Å²) < 4.78 is 0. The molecule has 0 spiro atoms. The second-order valence-corrected chi connectivity index (χ2v) is 6.91. The lowest BCUT2D eigenvalue weighted by Crippen LogP contribution is -2.41. The quantitative estimate of drug-likeness (QED) is 0.707. The zero-order valence-corrected chi connectivity index (χ0v) is 16.0. The van der Waals surface area contributed by atoms with Gasteiger partial charge in [-0.15, -0.1) is 0 Å². The normalized spacial score (nSPS) is 10.6. The minimum absolute atomic E-state index is 0.0945. The van der Waals surface area contributed by atoms with Gasteiger partial charge >= 0.3 is 0 Å². The Kier molecular flexibility index (Phi) is 6.71. The van der Waals surface area contributed by atoms with Gasteiger partial charge in [0.1, 0.15) is 0 Å². The Morgan fingerprint density at radius 1 is 0.704 bits per heavy atom. The Labute approximate surface area is 159 Å². The van der Waals surface area contributed by atoms with Crippen molar-refractivity contribution in [1.29, 1.82) is 0 Å². The van der Waals surface area contributed by atoms with E-state index in [4.69, 9.17) is 0 Å². The zero-order valence-electron chi connectivity index (χ0n) is 16.0. The number of anilines is 1. The van der Waals surface area contributed by atoms with Gasteiger partial charge in [0.2, 0.25) is 5.91 Å². The first-order valence-corrected chi connectivity index (χ1v) is 8.89. The van der Waals surface area contributed by atoms with E-state index >= 15 is 0 Å². The monoisotopic (exact) mass is 367 g/mol. The average molecular weight is 367 g/mol. The van der Waals surface area contributed by atoms with Crippen molar-refractivity contribution in [2.45, 2.75) is 33.6 Å². The summed E-state index contributed by atoms with van der Waals surface area (Å²) in [6.07, 6.45) is 0. The van der Waals surface area contributed by atoms with Gasteiger partial charge in [-0.25, -0.2) is 0 Å². The standard InChI is InChI=1S/C21H25N3O3/c1-13(2)15-5-7-16(8-6-15)20(26)23-24-21(27)17-9-11-18(12-10-17)22-19(25)14(3)4/h5-14H,1-4H3,(H,22,25)(H,23,26)(H,24,27). The Bertz CT molecular complexity index is 810. The Morgan fingerprint density at radius 2 is 1.15 bits per heavy atom. The van der Waals surface area contributed by atoms with Gasteiger partial charge < -0.3 is 5.32 Å². The predicted molar refractivity (Wildman–Crippen MR) is 105 cm³/mol. The topological polar surface area (TPSA) is 87.3 Å². The van der Waals surface area contributed by atoms with Crippen molar-refractivity contribution < 1.29 is 14.4 Å². The highest BCUT2D eigenvalue weighted by atomic mass is 16.2.